The topological polar surface area (TPSA) is 99.3 Å². The molecule has 0 aliphatic carbocycles. The maximum Gasteiger partial charge on any atom is 0.251 e. The van der Waals surface area contributed by atoms with E-state index in [0.29, 0.717) is 16.8 Å². The lowest BCUT2D eigenvalue weighted by atomic mass is 10.1. The smallest absolute Gasteiger partial charge is 0.251 e. The van der Waals surface area contributed by atoms with Crippen molar-refractivity contribution in [2.45, 2.75) is 19.9 Å². The molecule has 0 radical (unpaired) electrons. The van der Waals surface area contributed by atoms with Gasteiger partial charge in [-0.1, -0.05) is 6.07 Å². The van der Waals surface area contributed by atoms with Crippen LogP contribution in [-0.2, 0) is 4.79 Å². The molecule has 2 aromatic carbocycles. The molecule has 0 saturated heterocycles. The van der Waals surface area contributed by atoms with Gasteiger partial charge in [0.2, 0.25) is 5.91 Å². The zero-order chi connectivity index (χ0) is 19.8. The molecule has 0 aliphatic heterocycles. The van der Waals surface area contributed by atoms with Crippen LogP contribution in [0.25, 0.3) is 0 Å². The SMILES string of the molecule is CNC(=O)c1ccc(NCC(=O)Nc2cccc(C(=O)NC(C)C)c2)cc1. The number of carbonyl (C=O) groups excluding carboxylic acids is 3. The Labute approximate surface area is 158 Å². The minimum Gasteiger partial charge on any atom is -0.376 e. The molecule has 0 aliphatic rings. The number of rotatable bonds is 7. The maximum absolute atomic E-state index is 12.1. The fraction of sp³-hybridized carbons (Fsp3) is 0.250. The minimum atomic E-state index is -0.244. The van der Waals surface area contributed by atoms with Gasteiger partial charge in [-0.3, -0.25) is 14.4 Å². The molecule has 0 atom stereocenters. The molecule has 0 aromatic heterocycles. The molecule has 0 fully saturated rings. The Morgan fingerprint density at radius 3 is 2.22 bits per heavy atom. The molecule has 2 rings (SSSR count). The Hall–Kier alpha value is -3.35. The highest BCUT2D eigenvalue weighted by atomic mass is 16.2. The van der Waals surface area contributed by atoms with Gasteiger partial charge in [0.25, 0.3) is 11.8 Å². The molecular formula is C20H24N4O3. The van der Waals surface area contributed by atoms with Crippen molar-refractivity contribution >= 4 is 29.1 Å². The summed E-state index contributed by atoms with van der Waals surface area (Å²) in [5.41, 5.74) is 2.30. The first-order valence-corrected chi connectivity index (χ1v) is 8.66. The summed E-state index contributed by atoms with van der Waals surface area (Å²) < 4.78 is 0. The van der Waals surface area contributed by atoms with E-state index in [9.17, 15) is 14.4 Å². The van der Waals surface area contributed by atoms with Gasteiger partial charge in [-0.2, -0.15) is 0 Å². The normalized spacial score (nSPS) is 10.2. The van der Waals surface area contributed by atoms with Gasteiger partial charge in [-0.25, -0.2) is 0 Å². The summed E-state index contributed by atoms with van der Waals surface area (Å²) in [4.78, 5) is 35.7. The van der Waals surface area contributed by atoms with Crippen LogP contribution in [0.3, 0.4) is 0 Å². The highest BCUT2D eigenvalue weighted by Gasteiger charge is 2.09. The van der Waals surface area contributed by atoms with Gasteiger partial charge in [0.1, 0.15) is 0 Å². The standard InChI is InChI=1S/C20H24N4O3/c1-13(2)23-20(27)15-5-4-6-17(11-15)24-18(25)12-22-16-9-7-14(8-10-16)19(26)21-3/h4-11,13,22H,12H2,1-3H3,(H,21,26)(H,23,27)(H,24,25). The first-order chi connectivity index (χ1) is 12.9. The van der Waals surface area contributed by atoms with Crippen molar-refractivity contribution in [3.05, 3.63) is 59.7 Å². The Kier molecular flexibility index (Phi) is 6.93. The third-order valence-electron chi connectivity index (χ3n) is 3.66. The first kappa shape index (κ1) is 20.0. The Bertz CT molecular complexity index is 816. The zero-order valence-corrected chi connectivity index (χ0v) is 15.6. The number of hydrogen-bond donors (Lipinski definition) is 4. The lowest BCUT2D eigenvalue weighted by Crippen LogP contribution is -2.30. The fourth-order valence-corrected chi connectivity index (χ4v) is 2.36. The van der Waals surface area contributed by atoms with Crippen molar-refractivity contribution in [1.29, 1.82) is 0 Å². The van der Waals surface area contributed by atoms with Gasteiger partial charge in [-0.15, -0.1) is 0 Å². The highest BCUT2D eigenvalue weighted by Crippen LogP contribution is 2.12. The molecule has 0 spiro atoms. The van der Waals surface area contributed by atoms with E-state index in [1.54, 1.807) is 55.6 Å². The molecule has 3 amide bonds. The lowest BCUT2D eigenvalue weighted by molar-refractivity contribution is -0.114. The largest absolute Gasteiger partial charge is 0.376 e. The minimum absolute atomic E-state index is 0.0368. The monoisotopic (exact) mass is 368 g/mol. The number of amides is 3. The average molecular weight is 368 g/mol. The van der Waals surface area contributed by atoms with Crippen molar-refractivity contribution in [2.24, 2.45) is 0 Å². The maximum atomic E-state index is 12.1. The molecule has 27 heavy (non-hydrogen) atoms. The van der Waals surface area contributed by atoms with Crippen LogP contribution in [0.1, 0.15) is 34.6 Å². The Morgan fingerprint density at radius 2 is 1.59 bits per heavy atom. The summed E-state index contributed by atoms with van der Waals surface area (Å²) in [6.07, 6.45) is 0. The zero-order valence-electron chi connectivity index (χ0n) is 15.6. The van der Waals surface area contributed by atoms with Gasteiger partial charge in [0.15, 0.2) is 0 Å². The molecule has 0 bridgehead atoms. The summed E-state index contributed by atoms with van der Waals surface area (Å²) in [6, 6.07) is 13.6. The third-order valence-corrected chi connectivity index (χ3v) is 3.66. The van der Waals surface area contributed by atoms with Gasteiger partial charge in [-0.05, 0) is 56.3 Å². The van der Waals surface area contributed by atoms with Gasteiger partial charge in [0.05, 0.1) is 6.54 Å². The van der Waals surface area contributed by atoms with Crippen LogP contribution in [0, 0.1) is 0 Å². The van der Waals surface area contributed by atoms with Crippen LogP contribution in [0.5, 0.6) is 0 Å². The van der Waals surface area contributed by atoms with E-state index < -0.39 is 0 Å². The summed E-state index contributed by atoms with van der Waals surface area (Å²) >= 11 is 0. The average Bonchev–Trinajstić information content (AvgIpc) is 2.66. The van der Waals surface area contributed by atoms with Crippen LogP contribution in [-0.4, -0.2) is 37.4 Å². The highest BCUT2D eigenvalue weighted by molar-refractivity contribution is 5.98. The number of benzene rings is 2. The van der Waals surface area contributed by atoms with Crippen molar-refractivity contribution in [3.8, 4) is 0 Å². The molecule has 7 nitrogen and oxygen atoms in total. The predicted molar refractivity (Wildman–Crippen MR) is 106 cm³/mol. The Morgan fingerprint density at radius 1 is 0.889 bits per heavy atom. The first-order valence-electron chi connectivity index (χ1n) is 8.66. The summed E-state index contributed by atoms with van der Waals surface area (Å²) in [5, 5.41) is 11.1. The second-order valence-electron chi connectivity index (χ2n) is 6.27. The molecule has 2 aromatic rings. The molecule has 7 heteroatoms. The predicted octanol–water partition coefficient (Wildman–Crippen LogP) is 2.23. The van der Waals surface area contributed by atoms with E-state index in [-0.39, 0.29) is 30.3 Å². The van der Waals surface area contributed by atoms with E-state index in [4.69, 9.17) is 0 Å². The van der Waals surface area contributed by atoms with Crippen LogP contribution in [0.4, 0.5) is 11.4 Å². The second kappa shape index (κ2) is 9.38. The molecule has 142 valence electrons. The lowest BCUT2D eigenvalue weighted by Gasteiger charge is -2.11. The van der Waals surface area contributed by atoms with Crippen LogP contribution in [0.2, 0.25) is 0 Å². The number of anilines is 2. The second-order valence-corrected chi connectivity index (χ2v) is 6.27. The molecule has 0 saturated carbocycles. The summed E-state index contributed by atoms with van der Waals surface area (Å²) in [5.74, 6) is -0.595. The van der Waals surface area contributed by atoms with Gasteiger partial charge >= 0.3 is 0 Å². The quantitative estimate of drug-likeness (QED) is 0.602. The van der Waals surface area contributed by atoms with Crippen molar-refractivity contribution in [2.75, 3.05) is 24.2 Å². The van der Waals surface area contributed by atoms with Gasteiger partial charge in [0, 0.05) is 35.6 Å². The number of carbonyl (C=O) groups is 3. The van der Waals surface area contributed by atoms with Gasteiger partial charge < -0.3 is 21.3 Å². The molecular weight excluding hydrogens is 344 g/mol. The molecule has 0 unspecified atom stereocenters. The fourth-order valence-electron chi connectivity index (χ4n) is 2.36. The van der Waals surface area contributed by atoms with E-state index in [0.717, 1.165) is 5.69 Å². The van der Waals surface area contributed by atoms with E-state index in [2.05, 4.69) is 21.3 Å². The van der Waals surface area contributed by atoms with Crippen molar-refractivity contribution < 1.29 is 14.4 Å². The van der Waals surface area contributed by atoms with E-state index in [1.165, 1.54) is 0 Å². The molecule has 4 N–H and O–H groups in total. The van der Waals surface area contributed by atoms with Crippen molar-refractivity contribution in [1.82, 2.24) is 10.6 Å². The Balaban J connectivity index is 1.90. The number of hydrogen-bond acceptors (Lipinski definition) is 4. The van der Waals surface area contributed by atoms with E-state index >= 15 is 0 Å². The molecule has 0 heterocycles. The van der Waals surface area contributed by atoms with Crippen molar-refractivity contribution in [3.63, 3.8) is 0 Å². The van der Waals surface area contributed by atoms with Crippen LogP contribution < -0.4 is 21.3 Å². The summed E-state index contributed by atoms with van der Waals surface area (Å²) in [6.45, 7) is 3.83. The summed E-state index contributed by atoms with van der Waals surface area (Å²) in [7, 11) is 1.57. The third kappa shape index (κ3) is 6.14. The van der Waals surface area contributed by atoms with Crippen LogP contribution >= 0.6 is 0 Å². The van der Waals surface area contributed by atoms with E-state index in [1.807, 2.05) is 13.8 Å². The number of nitrogens with one attached hydrogen (secondary N) is 4. The van der Waals surface area contributed by atoms with Crippen LogP contribution in [0.15, 0.2) is 48.5 Å².